The molecule has 1 atom stereocenters. The summed E-state index contributed by atoms with van der Waals surface area (Å²) in [6.07, 6.45) is -4.45. The summed E-state index contributed by atoms with van der Waals surface area (Å²) in [6.45, 7) is -0.0340. The number of carbonyl (C=O) groups is 1. The van der Waals surface area contributed by atoms with Crippen LogP contribution in [0.3, 0.4) is 0 Å². The van der Waals surface area contributed by atoms with Crippen LogP contribution in [0.15, 0.2) is 72.1 Å². The number of amides is 1. The number of anilines is 1. The van der Waals surface area contributed by atoms with Gasteiger partial charge in [0.1, 0.15) is 0 Å². The van der Waals surface area contributed by atoms with E-state index < -0.39 is 17.6 Å². The van der Waals surface area contributed by atoms with Crippen LogP contribution in [-0.2, 0) is 11.0 Å². The molecule has 140 valence electrons. The van der Waals surface area contributed by atoms with E-state index in [9.17, 15) is 18.0 Å². The molecule has 3 nitrogen and oxygen atoms in total. The Kier molecular flexibility index (Phi) is 5.93. The summed E-state index contributed by atoms with van der Waals surface area (Å²) in [5.41, 5.74) is 0.324. The van der Waals surface area contributed by atoms with Crippen molar-refractivity contribution in [2.24, 2.45) is 0 Å². The smallest absolute Gasteiger partial charge is 0.325 e. The average molecular weight is 390 g/mol. The van der Waals surface area contributed by atoms with Gasteiger partial charge >= 0.3 is 6.18 Å². The van der Waals surface area contributed by atoms with Crippen molar-refractivity contribution in [2.75, 3.05) is 11.9 Å². The maximum absolute atomic E-state index is 12.8. The summed E-state index contributed by atoms with van der Waals surface area (Å²) in [6, 6.07) is 18.0. The third-order valence-electron chi connectivity index (χ3n) is 3.90. The van der Waals surface area contributed by atoms with E-state index in [0.717, 1.165) is 22.6 Å². The maximum atomic E-state index is 12.8. The first-order valence-electron chi connectivity index (χ1n) is 8.22. The summed E-state index contributed by atoms with van der Waals surface area (Å²) >= 11 is 1.57. The number of nitrogens with one attached hydrogen (secondary N) is 2. The zero-order chi connectivity index (χ0) is 19.3. The van der Waals surface area contributed by atoms with Crippen molar-refractivity contribution in [1.82, 2.24) is 5.32 Å². The Bertz CT molecular complexity index is 880. The summed E-state index contributed by atoms with van der Waals surface area (Å²) in [7, 11) is 0. The first kappa shape index (κ1) is 19.1. The first-order chi connectivity index (χ1) is 12.9. The lowest BCUT2D eigenvalue weighted by molar-refractivity contribution is -0.137. The molecule has 2 N–H and O–H groups in total. The van der Waals surface area contributed by atoms with Gasteiger partial charge in [0.25, 0.3) is 0 Å². The van der Waals surface area contributed by atoms with E-state index in [-0.39, 0.29) is 18.3 Å². The van der Waals surface area contributed by atoms with Gasteiger partial charge in [-0.05, 0) is 35.2 Å². The fourth-order valence-corrected chi connectivity index (χ4v) is 3.48. The van der Waals surface area contributed by atoms with E-state index in [1.807, 2.05) is 47.8 Å². The Morgan fingerprint density at radius 2 is 1.78 bits per heavy atom. The van der Waals surface area contributed by atoms with Gasteiger partial charge in [0.2, 0.25) is 5.91 Å². The van der Waals surface area contributed by atoms with Crippen LogP contribution >= 0.6 is 11.3 Å². The lowest BCUT2D eigenvalue weighted by atomic mass is 10.1. The van der Waals surface area contributed by atoms with Gasteiger partial charge in [-0.3, -0.25) is 10.1 Å². The maximum Gasteiger partial charge on any atom is 0.416 e. The second-order valence-electron chi connectivity index (χ2n) is 5.87. The fourth-order valence-electron chi connectivity index (χ4n) is 2.66. The van der Waals surface area contributed by atoms with Gasteiger partial charge in [0.05, 0.1) is 18.2 Å². The number of rotatable bonds is 6. The van der Waals surface area contributed by atoms with Crippen LogP contribution in [0.1, 0.15) is 22.0 Å². The Balaban J connectivity index is 1.67. The lowest BCUT2D eigenvalue weighted by Crippen LogP contribution is -2.31. The Morgan fingerprint density at radius 1 is 1.00 bits per heavy atom. The molecule has 27 heavy (non-hydrogen) atoms. The highest BCUT2D eigenvalue weighted by molar-refractivity contribution is 7.10. The molecule has 3 rings (SSSR count). The molecular weight excluding hydrogens is 373 g/mol. The number of thiophene rings is 1. The van der Waals surface area contributed by atoms with Crippen LogP contribution in [-0.4, -0.2) is 12.5 Å². The molecule has 0 radical (unpaired) electrons. The molecule has 0 aliphatic carbocycles. The topological polar surface area (TPSA) is 41.1 Å². The summed E-state index contributed by atoms with van der Waals surface area (Å²) in [4.78, 5) is 13.3. The molecule has 3 aromatic rings. The van der Waals surface area contributed by atoms with Gasteiger partial charge in [0.15, 0.2) is 0 Å². The van der Waals surface area contributed by atoms with Crippen molar-refractivity contribution in [3.05, 3.63) is 88.1 Å². The molecule has 0 saturated carbocycles. The number of hydrogen-bond donors (Lipinski definition) is 2. The summed E-state index contributed by atoms with van der Waals surface area (Å²) in [5.74, 6) is -0.410. The number of halogens is 3. The summed E-state index contributed by atoms with van der Waals surface area (Å²) in [5, 5.41) is 7.64. The Labute approximate surface area is 158 Å². The standard InChI is InChI=1S/C20H17F3N2OS/c21-20(22,23)15-8-4-9-16(12-15)25-18(26)13-24-19(17-10-5-11-27-17)14-6-2-1-3-7-14/h1-12,19,24H,13H2,(H,25,26)/t19-/m1/s1. The third kappa shape index (κ3) is 5.18. The van der Waals surface area contributed by atoms with Gasteiger partial charge < -0.3 is 5.32 Å². The predicted molar refractivity (Wildman–Crippen MR) is 101 cm³/mol. The molecule has 0 fully saturated rings. The van der Waals surface area contributed by atoms with Gasteiger partial charge in [-0.2, -0.15) is 13.2 Å². The largest absolute Gasteiger partial charge is 0.416 e. The van der Waals surface area contributed by atoms with Crippen molar-refractivity contribution in [3.63, 3.8) is 0 Å². The Morgan fingerprint density at radius 3 is 2.44 bits per heavy atom. The lowest BCUT2D eigenvalue weighted by Gasteiger charge is -2.18. The highest BCUT2D eigenvalue weighted by Crippen LogP contribution is 2.30. The number of hydrogen-bond acceptors (Lipinski definition) is 3. The zero-order valence-corrected chi connectivity index (χ0v) is 15.0. The van der Waals surface area contributed by atoms with Crippen molar-refractivity contribution in [1.29, 1.82) is 0 Å². The van der Waals surface area contributed by atoms with Crippen molar-refractivity contribution in [3.8, 4) is 0 Å². The number of benzene rings is 2. The second-order valence-corrected chi connectivity index (χ2v) is 6.85. The molecule has 2 aromatic carbocycles. The molecule has 1 aromatic heterocycles. The number of carbonyl (C=O) groups excluding carboxylic acids is 1. The molecule has 1 heterocycles. The van der Waals surface area contributed by atoms with Crippen LogP contribution < -0.4 is 10.6 Å². The number of alkyl halides is 3. The van der Waals surface area contributed by atoms with Gasteiger partial charge in [0, 0.05) is 10.6 Å². The van der Waals surface area contributed by atoms with Gasteiger partial charge in [-0.25, -0.2) is 0 Å². The van der Waals surface area contributed by atoms with Gasteiger partial charge in [-0.1, -0.05) is 42.5 Å². The van der Waals surface area contributed by atoms with E-state index in [2.05, 4.69) is 10.6 Å². The molecule has 0 unspecified atom stereocenters. The van der Waals surface area contributed by atoms with Crippen LogP contribution in [0.5, 0.6) is 0 Å². The molecule has 0 bridgehead atoms. The van der Waals surface area contributed by atoms with Crippen LogP contribution in [0.4, 0.5) is 18.9 Å². The normalized spacial score (nSPS) is 12.6. The molecule has 7 heteroatoms. The van der Waals surface area contributed by atoms with Crippen molar-refractivity contribution < 1.29 is 18.0 Å². The van der Waals surface area contributed by atoms with E-state index in [4.69, 9.17) is 0 Å². The highest BCUT2D eigenvalue weighted by Gasteiger charge is 2.30. The molecule has 0 spiro atoms. The van der Waals surface area contributed by atoms with Crippen LogP contribution in [0, 0.1) is 0 Å². The first-order valence-corrected chi connectivity index (χ1v) is 9.10. The SMILES string of the molecule is O=C(CN[C@H](c1ccccc1)c1cccs1)Nc1cccc(C(F)(F)F)c1. The molecule has 0 saturated heterocycles. The second kappa shape index (κ2) is 8.37. The van der Waals surface area contributed by atoms with E-state index in [1.54, 1.807) is 11.3 Å². The summed E-state index contributed by atoms with van der Waals surface area (Å²) < 4.78 is 38.3. The van der Waals surface area contributed by atoms with E-state index in [0.29, 0.717) is 0 Å². The van der Waals surface area contributed by atoms with Crippen LogP contribution in [0.25, 0.3) is 0 Å². The minimum atomic E-state index is -4.45. The zero-order valence-electron chi connectivity index (χ0n) is 14.2. The predicted octanol–water partition coefficient (Wildman–Crippen LogP) is 5.08. The Hall–Kier alpha value is -2.64. The fraction of sp³-hybridized carbons (Fsp3) is 0.150. The van der Waals surface area contributed by atoms with E-state index in [1.165, 1.54) is 12.1 Å². The average Bonchev–Trinajstić information content (AvgIpc) is 3.17. The van der Waals surface area contributed by atoms with Crippen LogP contribution in [0.2, 0.25) is 0 Å². The van der Waals surface area contributed by atoms with Gasteiger partial charge in [-0.15, -0.1) is 11.3 Å². The molecular formula is C20H17F3N2OS. The minimum Gasteiger partial charge on any atom is -0.325 e. The molecule has 0 aliphatic rings. The van der Waals surface area contributed by atoms with Crippen molar-refractivity contribution in [2.45, 2.75) is 12.2 Å². The molecule has 1 amide bonds. The van der Waals surface area contributed by atoms with E-state index >= 15 is 0 Å². The quantitative estimate of drug-likeness (QED) is 0.616. The van der Waals surface area contributed by atoms with Crippen molar-refractivity contribution >= 4 is 22.9 Å². The molecule has 0 aliphatic heterocycles. The third-order valence-corrected chi connectivity index (χ3v) is 4.84. The highest BCUT2D eigenvalue weighted by atomic mass is 32.1. The monoisotopic (exact) mass is 390 g/mol. The minimum absolute atomic E-state index is 0.0340.